The lowest BCUT2D eigenvalue weighted by Gasteiger charge is -2.18. The number of nitrogens with zero attached hydrogens (tertiary/aromatic N) is 1. The summed E-state index contributed by atoms with van der Waals surface area (Å²) in [5.41, 5.74) is 1.34. The lowest BCUT2D eigenvalue weighted by atomic mass is 10.1. The maximum Gasteiger partial charge on any atom is 0.129 e. The molecule has 108 valence electrons. The molecule has 0 fully saturated rings. The minimum absolute atomic E-state index is 0.179. The van der Waals surface area contributed by atoms with Crippen molar-refractivity contribution < 1.29 is 13.2 Å². The summed E-state index contributed by atoms with van der Waals surface area (Å²) in [6.45, 7) is 3.27. The number of nitrogens with one attached hydrogen (secondary N) is 1. The smallest absolute Gasteiger partial charge is 0.129 e. The molecule has 1 N–H and O–H groups in total. The Bertz CT molecular complexity index is 700. The fourth-order valence-corrected chi connectivity index (χ4v) is 2.04. The number of halogens is 3. The molecule has 0 aliphatic carbocycles. The van der Waals surface area contributed by atoms with Crippen molar-refractivity contribution in [3.8, 4) is 6.07 Å². The van der Waals surface area contributed by atoms with Gasteiger partial charge in [-0.1, -0.05) is 0 Å². The van der Waals surface area contributed by atoms with Crippen molar-refractivity contribution in [2.75, 3.05) is 5.32 Å². The van der Waals surface area contributed by atoms with E-state index in [-0.39, 0.29) is 5.56 Å². The van der Waals surface area contributed by atoms with E-state index in [1.54, 1.807) is 13.8 Å². The van der Waals surface area contributed by atoms with Crippen molar-refractivity contribution in [1.82, 2.24) is 0 Å². The van der Waals surface area contributed by atoms with E-state index in [1.165, 1.54) is 18.2 Å². The predicted octanol–water partition coefficient (Wildman–Crippen LogP) is 4.46. The summed E-state index contributed by atoms with van der Waals surface area (Å²) in [4.78, 5) is 0. The third kappa shape index (κ3) is 3.34. The Hall–Kier alpha value is -2.48. The van der Waals surface area contributed by atoms with Gasteiger partial charge < -0.3 is 5.32 Å². The second-order valence-corrected chi connectivity index (χ2v) is 4.81. The molecular formula is C16H13F3N2. The molecule has 0 bridgehead atoms. The zero-order valence-corrected chi connectivity index (χ0v) is 11.5. The van der Waals surface area contributed by atoms with E-state index in [1.807, 2.05) is 6.07 Å². The van der Waals surface area contributed by atoms with Crippen LogP contribution in [-0.4, -0.2) is 0 Å². The average molecular weight is 290 g/mol. The molecule has 2 aromatic carbocycles. The molecule has 0 heterocycles. The maximum absolute atomic E-state index is 13.7. The zero-order valence-electron chi connectivity index (χ0n) is 11.5. The van der Waals surface area contributed by atoms with Crippen LogP contribution in [0.25, 0.3) is 0 Å². The van der Waals surface area contributed by atoms with Crippen molar-refractivity contribution in [1.29, 1.82) is 5.26 Å². The second-order valence-electron chi connectivity index (χ2n) is 4.81. The van der Waals surface area contributed by atoms with E-state index in [0.717, 1.165) is 12.1 Å². The summed E-state index contributed by atoms with van der Waals surface area (Å²) in [6.07, 6.45) is 0. The van der Waals surface area contributed by atoms with E-state index >= 15 is 0 Å². The number of anilines is 1. The molecule has 5 heteroatoms. The van der Waals surface area contributed by atoms with Gasteiger partial charge in [0.1, 0.15) is 17.5 Å². The Morgan fingerprint density at radius 2 is 1.67 bits per heavy atom. The number of benzene rings is 2. The first-order chi connectivity index (χ1) is 9.90. The van der Waals surface area contributed by atoms with E-state index in [4.69, 9.17) is 5.26 Å². The predicted molar refractivity (Wildman–Crippen MR) is 74.2 cm³/mol. The number of hydrogen-bond donors (Lipinski definition) is 1. The van der Waals surface area contributed by atoms with Gasteiger partial charge in [-0.05, 0) is 43.7 Å². The highest BCUT2D eigenvalue weighted by Gasteiger charge is 2.12. The van der Waals surface area contributed by atoms with Gasteiger partial charge in [0.2, 0.25) is 0 Å². The standard InChI is InChI=1S/C16H13F3N2/c1-9-15(19)3-11(8-20)4-16(9)21-10(2)12-5-13(17)7-14(18)6-12/h3-7,10,21H,1-2H3. The summed E-state index contributed by atoms with van der Waals surface area (Å²) < 4.78 is 40.1. The van der Waals surface area contributed by atoms with Gasteiger partial charge in [0.25, 0.3) is 0 Å². The third-order valence-electron chi connectivity index (χ3n) is 3.23. The highest BCUT2D eigenvalue weighted by molar-refractivity contribution is 5.57. The van der Waals surface area contributed by atoms with Crippen LogP contribution in [0.3, 0.4) is 0 Å². The van der Waals surface area contributed by atoms with Crippen molar-refractivity contribution in [3.63, 3.8) is 0 Å². The van der Waals surface area contributed by atoms with Crippen LogP contribution < -0.4 is 5.32 Å². The van der Waals surface area contributed by atoms with E-state index in [2.05, 4.69) is 5.32 Å². The van der Waals surface area contributed by atoms with Gasteiger partial charge in [-0.25, -0.2) is 13.2 Å². The van der Waals surface area contributed by atoms with E-state index in [0.29, 0.717) is 16.8 Å². The summed E-state index contributed by atoms with van der Waals surface area (Å²) in [5, 5.41) is 11.8. The zero-order chi connectivity index (χ0) is 15.6. The van der Waals surface area contributed by atoms with Crippen molar-refractivity contribution in [2.24, 2.45) is 0 Å². The first kappa shape index (κ1) is 14.9. The van der Waals surface area contributed by atoms with Crippen molar-refractivity contribution in [2.45, 2.75) is 19.9 Å². The van der Waals surface area contributed by atoms with E-state index in [9.17, 15) is 13.2 Å². The van der Waals surface area contributed by atoms with Crippen LogP contribution in [0.4, 0.5) is 18.9 Å². The molecule has 0 aromatic heterocycles. The molecule has 0 aliphatic rings. The van der Waals surface area contributed by atoms with Gasteiger partial charge in [0, 0.05) is 23.4 Å². The fraction of sp³-hybridized carbons (Fsp3) is 0.188. The Kier molecular flexibility index (Phi) is 4.18. The molecule has 2 aromatic rings. The number of nitriles is 1. The SMILES string of the molecule is Cc1c(F)cc(C#N)cc1NC(C)c1cc(F)cc(F)c1. The van der Waals surface area contributed by atoms with Gasteiger partial charge in [0.05, 0.1) is 11.6 Å². The molecule has 0 spiro atoms. The molecular weight excluding hydrogens is 277 g/mol. The highest BCUT2D eigenvalue weighted by Crippen LogP contribution is 2.26. The summed E-state index contributed by atoms with van der Waals surface area (Å²) in [7, 11) is 0. The normalized spacial score (nSPS) is 11.8. The Labute approximate surface area is 120 Å². The van der Waals surface area contributed by atoms with Crippen molar-refractivity contribution in [3.05, 3.63) is 64.5 Å². The minimum Gasteiger partial charge on any atom is -0.378 e. The molecule has 0 radical (unpaired) electrons. The van der Waals surface area contributed by atoms with Crippen LogP contribution >= 0.6 is 0 Å². The highest BCUT2D eigenvalue weighted by atomic mass is 19.1. The molecule has 21 heavy (non-hydrogen) atoms. The molecule has 0 saturated carbocycles. The molecule has 0 amide bonds. The topological polar surface area (TPSA) is 35.8 Å². The lowest BCUT2D eigenvalue weighted by Crippen LogP contribution is -2.09. The van der Waals surface area contributed by atoms with Crippen LogP contribution in [0, 0.1) is 35.7 Å². The maximum atomic E-state index is 13.7. The van der Waals surface area contributed by atoms with Gasteiger partial charge in [0.15, 0.2) is 0 Å². The number of rotatable bonds is 3. The van der Waals surface area contributed by atoms with Gasteiger partial charge in [-0.2, -0.15) is 5.26 Å². The van der Waals surface area contributed by atoms with E-state index < -0.39 is 23.5 Å². The lowest BCUT2D eigenvalue weighted by molar-refractivity contribution is 0.577. The van der Waals surface area contributed by atoms with Crippen LogP contribution in [0.15, 0.2) is 30.3 Å². The summed E-state index contributed by atoms with van der Waals surface area (Å²) in [6, 6.07) is 7.28. The van der Waals surface area contributed by atoms with Gasteiger partial charge >= 0.3 is 0 Å². The van der Waals surface area contributed by atoms with Crippen LogP contribution in [0.5, 0.6) is 0 Å². The molecule has 1 atom stereocenters. The average Bonchev–Trinajstić information content (AvgIpc) is 2.42. The molecule has 1 unspecified atom stereocenters. The van der Waals surface area contributed by atoms with Crippen LogP contribution in [-0.2, 0) is 0 Å². The second kappa shape index (κ2) is 5.88. The largest absolute Gasteiger partial charge is 0.378 e. The molecule has 2 rings (SSSR count). The van der Waals surface area contributed by atoms with Crippen molar-refractivity contribution >= 4 is 5.69 Å². The third-order valence-corrected chi connectivity index (χ3v) is 3.23. The fourth-order valence-electron chi connectivity index (χ4n) is 2.04. The summed E-state index contributed by atoms with van der Waals surface area (Å²) >= 11 is 0. The molecule has 0 saturated heterocycles. The quantitative estimate of drug-likeness (QED) is 0.906. The monoisotopic (exact) mass is 290 g/mol. The Morgan fingerprint density at radius 1 is 1.05 bits per heavy atom. The number of hydrogen-bond acceptors (Lipinski definition) is 2. The first-order valence-electron chi connectivity index (χ1n) is 6.33. The van der Waals surface area contributed by atoms with Crippen LogP contribution in [0.1, 0.15) is 29.7 Å². The Balaban J connectivity index is 2.33. The van der Waals surface area contributed by atoms with Gasteiger partial charge in [-0.3, -0.25) is 0 Å². The minimum atomic E-state index is -0.674. The molecule has 0 aliphatic heterocycles. The summed E-state index contributed by atoms with van der Waals surface area (Å²) in [5.74, 6) is -1.85. The first-order valence-corrected chi connectivity index (χ1v) is 6.33. The molecule has 2 nitrogen and oxygen atoms in total. The Morgan fingerprint density at radius 3 is 2.24 bits per heavy atom. The van der Waals surface area contributed by atoms with Gasteiger partial charge in [-0.15, -0.1) is 0 Å². The van der Waals surface area contributed by atoms with Crippen LogP contribution in [0.2, 0.25) is 0 Å².